The van der Waals surface area contributed by atoms with Crippen molar-refractivity contribution in [3.63, 3.8) is 0 Å². The number of hydrogen-bond donors (Lipinski definition) is 0. The standard InChI is InChI=1S/C19H20N2O3/c1-12(17(22)20-10-13-6-2-3-7-14(13)11-20)21-18(23)15-8-4-5-9-16(15)19(21)24/h2-5,8-9,12-14H,6-7,10-11H2,1H3. The molecular formula is C19H20N2O3. The minimum atomic E-state index is -0.759. The molecular weight excluding hydrogens is 304 g/mol. The zero-order chi connectivity index (χ0) is 16.8. The van der Waals surface area contributed by atoms with Crippen LogP contribution in [0.4, 0.5) is 0 Å². The summed E-state index contributed by atoms with van der Waals surface area (Å²) in [5.74, 6) is 0.157. The highest BCUT2D eigenvalue weighted by atomic mass is 16.2. The minimum Gasteiger partial charge on any atom is -0.340 e. The Kier molecular flexibility index (Phi) is 3.52. The van der Waals surface area contributed by atoms with Crippen LogP contribution in [0.2, 0.25) is 0 Å². The van der Waals surface area contributed by atoms with Crippen molar-refractivity contribution >= 4 is 17.7 Å². The number of imide groups is 1. The highest BCUT2D eigenvalue weighted by molar-refractivity contribution is 6.22. The Morgan fingerprint density at radius 1 is 1.00 bits per heavy atom. The molecule has 24 heavy (non-hydrogen) atoms. The molecule has 0 N–H and O–H groups in total. The molecule has 4 rings (SSSR count). The lowest BCUT2D eigenvalue weighted by Crippen LogP contribution is -2.49. The zero-order valence-corrected chi connectivity index (χ0v) is 13.6. The Morgan fingerprint density at radius 2 is 1.50 bits per heavy atom. The molecule has 1 aromatic carbocycles. The van der Waals surface area contributed by atoms with Crippen molar-refractivity contribution in [3.05, 3.63) is 47.5 Å². The van der Waals surface area contributed by atoms with E-state index in [0.717, 1.165) is 30.8 Å². The first kappa shape index (κ1) is 15.1. The topological polar surface area (TPSA) is 57.7 Å². The Bertz CT molecular complexity index is 704. The Balaban J connectivity index is 1.52. The molecule has 1 aromatic rings. The molecule has 1 aliphatic carbocycles. The van der Waals surface area contributed by atoms with E-state index in [4.69, 9.17) is 0 Å². The summed E-state index contributed by atoms with van der Waals surface area (Å²) in [6, 6.07) is 5.99. The highest BCUT2D eigenvalue weighted by Crippen LogP contribution is 2.34. The van der Waals surface area contributed by atoms with Gasteiger partial charge in [-0.3, -0.25) is 19.3 Å². The van der Waals surface area contributed by atoms with Crippen LogP contribution in [-0.2, 0) is 4.79 Å². The van der Waals surface area contributed by atoms with E-state index in [1.807, 2.05) is 4.90 Å². The van der Waals surface area contributed by atoms with Gasteiger partial charge >= 0.3 is 0 Å². The molecule has 1 saturated heterocycles. The van der Waals surface area contributed by atoms with E-state index in [0.29, 0.717) is 23.0 Å². The first-order chi connectivity index (χ1) is 11.6. The highest BCUT2D eigenvalue weighted by Gasteiger charge is 2.44. The van der Waals surface area contributed by atoms with E-state index < -0.39 is 6.04 Å². The maximum atomic E-state index is 12.9. The third kappa shape index (κ3) is 2.19. The van der Waals surface area contributed by atoms with Gasteiger partial charge in [0, 0.05) is 13.1 Å². The molecule has 0 spiro atoms. The Morgan fingerprint density at radius 3 is 2.00 bits per heavy atom. The molecule has 0 aromatic heterocycles. The minimum absolute atomic E-state index is 0.126. The predicted molar refractivity (Wildman–Crippen MR) is 88.3 cm³/mol. The average Bonchev–Trinajstić information content (AvgIpc) is 3.14. The first-order valence-electron chi connectivity index (χ1n) is 8.48. The number of benzene rings is 1. The van der Waals surface area contributed by atoms with Crippen molar-refractivity contribution in [3.8, 4) is 0 Å². The maximum Gasteiger partial charge on any atom is 0.262 e. The van der Waals surface area contributed by atoms with Gasteiger partial charge in [-0.15, -0.1) is 0 Å². The number of nitrogens with zero attached hydrogens (tertiary/aromatic N) is 2. The summed E-state index contributed by atoms with van der Waals surface area (Å²) in [6.45, 7) is 3.10. The summed E-state index contributed by atoms with van der Waals surface area (Å²) in [6.07, 6.45) is 6.39. The summed E-state index contributed by atoms with van der Waals surface area (Å²) >= 11 is 0. The fraction of sp³-hybridized carbons (Fsp3) is 0.421. The first-order valence-corrected chi connectivity index (χ1v) is 8.48. The summed E-state index contributed by atoms with van der Waals surface area (Å²) in [5, 5.41) is 0. The summed E-state index contributed by atoms with van der Waals surface area (Å²) in [7, 11) is 0. The lowest BCUT2D eigenvalue weighted by Gasteiger charge is -2.26. The van der Waals surface area contributed by atoms with Gasteiger partial charge in [-0.2, -0.15) is 0 Å². The summed E-state index contributed by atoms with van der Waals surface area (Å²) in [5.41, 5.74) is 0.780. The number of rotatable bonds is 2. The molecule has 2 heterocycles. The van der Waals surface area contributed by atoms with E-state index in [2.05, 4.69) is 12.2 Å². The largest absolute Gasteiger partial charge is 0.340 e. The molecule has 124 valence electrons. The molecule has 3 amide bonds. The monoisotopic (exact) mass is 324 g/mol. The van der Waals surface area contributed by atoms with Crippen molar-refractivity contribution in [2.75, 3.05) is 13.1 Å². The van der Waals surface area contributed by atoms with Gasteiger partial charge in [-0.05, 0) is 43.7 Å². The Hall–Kier alpha value is -2.43. The van der Waals surface area contributed by atoms with Crippen molar-refractivity contribution in [2.24, 2.45) is 11.8 Å². The molecule has 0 saturated carbocycles. The lowest BCUT2D eigenvalue weighted by atomic mass is 9.86. The van der Waals surface area contributed by atoms with Gasteiger partial charge in [0.25, 0.3) is 11.8 Å². The second kappa shape index (κ2) is 5.58. The SMILES string of the molecule is CC(C(=O)N1CC2CC=CCC2C1)N1C(=O)c2ccccc2C1=O. The van der Waals surface area contributed by atoms with Crippen molar-refractivity contribution < 1.29 is 14.4 Å². The molecule has 3 aliphatic rings. The molecule has 1 fully saturated rings. The molecule has 5 nitrogen and oxygen atoms in total. The second-order valence-electron chi connectivity index (χ2n) is 6.91. The van der Waals surface area contributed by atoms with Crippen molar-refractivity contribution in [2.45, 2.75) is 25.8 Å². The van der Waals surface area contributed by atoms with Gasteiger partial charge in [-0.25, -0.2) is 0 Å². The number of allylic oxidation sites excluding steroid dienone is 2. The Labute approximate surface area is 140 Å². The van der Waals surface area contributed by atoms with E-state index in [1.54, 1.807) is 31.2 Å². The number of fused-ring (bicyclic) bond motifs is 2. The van der Waals surface area contributed by atoms with Gasteiger partial charge < -0.3 is 4.90 Å². The average molecular weight is 324 g/mol. The fourth-order valence-corrected chi connectivity index (χ4v) is 4.13. The molecule has 2 aliphatic heterocycles. The van der Waals surface area contributed by atoms with Crippen LogP contribution in [0.3, 0.4) is 0 Å². The normalized spacial score (nSPS) is 26.5. The third-order valence-corrected chi connectivity index (χ3v) is 5.50. The summed E-state index contributed by atoms with van der Waals surface area (Å²) < 4.78 is 0. The number of likely N-dealkylation sites (tertiary alicyclic amines) is 1. The molecule has 5 heteroatoms. The third-order valence-electron chi connectivity index (χ3n) is 5.50. The fourth-order valence-electron chi connectivity index (χ4n) is 4.13. The van der Waals surface area contributed by atoms with Gasteiger partial charge in [0.2, 0.25) is 5.91 Å². The van der Waals surface area contributed by atoms with Gasteiger partial charge in [0.1, 0.15) is 6.04 Å². The van der Waals surface area contributed by atoms with Crippen LogP contribution in [-0.4, -0.2) is 46.7 Å². The van der Waals surface area contributed by atoms with Crippen LogP contribution in [0.1, 0.15) is 40.5 Å². The van der Waals surface area contributed by atoms with Gasteiger partial charge in [-0.1, -0.05) is 24.3 Å². The number of amides is 3. The van der Waals surface area contributed by atoms with Crippen LogP contribution >= 0.6 is 0 Å². The molecule has 0 bridgehead atoms. The van der Waals surface area contributed by atoms with Crippen molar-refractivity contribution in [1.29, 1.82) is 0 Å². The van der Waals surface area contributed by atoms with Gasteiger partial charge in [0.15, 0.2) is 0 Å². The smallest absolute Gasteiger partial charge is 0.262 e. The van der Waals surface area contributed by atoms with Crippen LogP contribution < -0.4 is 0 Å². The number of carbonyl (C=O) groups excluding carboxylic acids is 3. The summed E-state index contributed by atoms with van der Waals surface area (Å²) in [4.78, 5) is 40.9. The van der Waals surface area contributed by atoms with E-state index in [9.17, 15) is 14.4 Å². The van der Waals surface area contributed by atoms with Gasteiger partial charge in [0.05, 0.1) is 11.1 Å². The molecule has 0 radical (unpaired) electrons. The van der Waals surface area contributed by atoms with Crippen LogP contribution in [0.5, 0.6) is 0 Å². The number of carbonyl (C=O) groups is 3. The quantitative estimate of drug-likeness (QED) is 0.618. The zero-order valence-electron chi connectivity index (χ0n) is 13.6. The second-order valence-corrected chi connectivity index (χ2v) is 6.91. The van der Waals surface area contributed by atoms with Crippen LogP contribution in [0.15, 0.2) is 36.4 Å². The van der Waals surface area contributed by atoms with Crippen molar-refractivity contribution in [1.82, 2.24) is 9.80 Å². The number of hydrogen-bond acceptors (Lipinski definition) is 3. The molecule has 3 atom stereocenters. The van der Waals surface area contributed by atoms with E-state index >= 15 is 0 Å². The van der Waals surface area contributed by atoms with E-state index in [-0.39, 0.29) is 17.7 Å². The van der Waals surface area contributed by atoms with Crippen LogP contribution in [0, 0.1) is 11.8 Å². The van der Waals surface area contributed by atoms with E-state index in [1.165, 1.54) is 0 Å². The van der Waals surface area contributed by atoms with Crippen LogP contribution in [0.25, 0.3) is 0 Å². The maximum absolute atomic E-state index is 12.9. The predicted octanol–water partition coefficient (Wildman–Crippen LogP) is 2.10. The molecule has 3 unspecified atom stereocenters. The lowest BCUT2D eigenvalue weighted by molar-refractivity contribution is -0.134.